The summed E-state index contributed by atoms with van der Waals surface area (Å²) in [5, 5.41) is 0.303. The predicted molar refractivity (Wildman–Crippen MR) is 197 cm³/mol. The first kappa shape index (κ1) is 39.9. The zero-order chi connectivity index (χ0) is 39.6. The standard InChI is InChI=1S/C37H39ClN6O9S/c1-19(2)29(39)37(50)44(35(48)22-9-7-21(8-10-22)33(47)42-54(51,52)25-14-12-24(38)13-15-25)36(49)27-6-5-17-43(27)30(20(3)4)31(45)34-41-26-18-23(32(40)46)11-16-28(26)53-34/h7-16,18-20,27,29-30H,5-6,17,39H2,1-4H3,(H2,40,46)(H,42,47)/t27-,29-,30?/m0/s1. The van der Waals surface area contributed by atoms with Crippen molar-refractivity contribution in [3.63, 3.8) is 0 Å². The molecule has 1 saturated heterocycles. The lowest BCUT2D eigenvalue weighted by molar-refractivity contribution is -0.145. The minimum atomic E-state index is -4.26. The molecule has 15 nitrogen and oxygen atoms in total. The molecule has 5 amide bonds. The minimum absolute atomic E-state index is 0.127. The van der Waals surface area contributed by atoms with Crippen LogP contribution in [-0.4, -0.2) is 83.2 Å². The Balaban J connectivity index is 1.42. The quantitative estimate of drug-likeness (QED) is 0.138. The molecule has 0 spiro atoms. The summed E-state index contributed by atoms with van der Waals surface area (Å²) in [5.41, 5.74) is 12.0. The molecule has 1 aliphatic heterocycles. The van der Waals surface area contributed by atoms with Gasteiger partial charge in [-0.05, 0) is 98.0 Å². The highest BCUT2D eigenvalue weighted by molar-refractivity contribution is 7.90. The number of carbonyl (C=O) groups excluding carboxylic acids is 6. The number of nitrogens with one attached hydrogen (secondary N) is 1. The van der Waals surface area contributed by atoms with E-state index < -0.39 is 69.4 Å². The third kappa shape index (κ3) is 8.26. The Kier molecular flexibility index (Phi) is 11.8. The van der Waals surface area contributed by atoms with Gasteiger partial charge in [-0.3, -0.25) is 33.7 Å². The van der Waals surface area contributed by atoms with Crippen LogP contribution in [0.25, 0.3) is 11.1 Å². The van der Waals surface area contributed by atoms with E-state index in [0.717, 1.165) is 0 Å². The Morgan fingerprint density at radius 2 is 1.52 bits per heavy atom. The molecule has 1 aliphatic rings. The second-order valence-electron chi connectivity index (χ2n) is 13.6. The fourth-order valence-electron chi connectivity index (χ4n) is 6.17. The highest BCUT2D eigenvalue weighted by atomic mass is 35.5. The number of fused-ring (bicyclic) bond motifs is 1. The van der Waals surface area contributed by atoms with Gasteiger partial charge in [0.2, 0.25) is 11.7 Å². The maximum atomic E-state index is 14.4. The predicted octanol–water partition coefficient (Wildman–Crippen LogP) is 3.55. The molecule has 54 heavy (non-hydrogen) atoms. The molecule has 1 fully saturated rings. The second kappa shape index (κ2) is 16.0. The number of carbonyl (C=O) groups is 6. The van der Waals surface area contributed by atoms with Crippen molar-refractivity contribution in [3.8, 4) is 0 Å². The molecule has 0 aliphatic carbocycles. The maximum absolute atomic E-state index is 14.4. The number of halogens is 1. The van der Waals surface area contributed by atoms with Crippen molar-refractivity contribution in [1.29, 1.82) is 0 Å². The van der Waals surface area contributed by atoms with E-state index in [9.17, 15) is 37.2 Å². The van der Waals surface area contributed by atoms with Gasteiger partial charge < -0.3 is 15.9 Å². The summed E-state index contributed by atoms with van der Waals surface area (Å²) in [6, 6.07) is 10.9. The SMILES string of the molecule is CC(C)C(C(=O)c1nc2cc(C(N)=O)ccc2o1)N1CCC[C@H]1C(=O)N(C(=O)c1ccc(C(=O)NS(=O)(=O)c2ccc(Cl)cc2)cc1)C(=O)[C@@H](N)C(C)C. The smallest absolute Gasteiger partial charge is 0.267 e. The highest BCUT2D eigenvalue weighted by Gasteiger charge is 2.46. The molecule has 5 rings (SSSR count). The number of Topliss-reactive ketones (excluding diaryl/α,β-unsaturated/α-hetero) is 1. The molecule has 1 unspecified atom stereocenters. The van der Waals surface area contributed by atoms with Crippen molar-refractivity contribution in [1.82, 2.24) is 19.5 Å². The Morgan fingerprint density at radius 3 is 2.11 bits per heavy atom. The Morgan fingerprint density at radius 1 is 0.907 bits per heavy atom. The number of nitrogens with zero attached hydrogens (tertiary/aromatic N) is 3. The lowest BCUT2D eigenvalue weighted by Gasteiger charge is -2.35. The molecule has 0 saturated carbocycles. The lowest BCUT2D eigenvalue weighted by Crippen LogP contribution is -2.58. The molecule has 17 heteroatoms. The molecule has 3 atom stereocenters. The van der Waals surface area contributed by atoms with E-state index in [1.807, 2.05) is 4.72 Å². The first-order chi connectivity index (χ1) is 25.4. The van der Waals surface area contributed by atoms with E-state index in [-0.39, 0.29) is 57.5 Å². The number of ketones is 1. The topological polar surface area (TPSA) is 233 Å². The minimum Gasteiger partial charge on any atom is -0.434 e. The third-order valence-electron chi connectivity index (χ3n) is 9.11. The van der Waals surface area contributed by atoms with Crippen LogP contribution in [0.5, 0.6) is 0 Å². The molecule has 1 aromatic heterocycles. The van der Waals surface area contributed by atoms with E-state index in [0.29, 0.717) is 16.3 Å². The fourth-order valence-corrected chi connectivity index (χ4v) is 7.28. The number of hydrogen-bond donors (Lipinski definition) is 3. The Hall–Kier alpha value is -5.29. The number of rotatable bonds is 12. The zero-order valence-corrected chi connectivity index (χ0v) is 31.4. The van der Waals surface area contributed by atoms with Crippen molar-refractivity contribution in [2.75, 3.05) is 6.54 Å². The Labute approximate surface area is 316 Å². The van der Waals surface area contributed by atoms with E-state index in [1.165, 1.54) is 66.7 Å². The fraction of sp³-hybridized carbons (Fsp3) is 0.324. The highest BCUT2D eigenvalue weighted by Crippen LogP contribution is 2.30. The number of hydrogen-bond acceptors (Lipinski definition) is 12. The second-order valence-corrected chi connectivity index (χ2v) is 15.7. The largest absolute Gasteiger partial charge is 0.434 e. The molecule has 3 aromatic carbocycles. The number of amides is 5. The number of aromatic nitrogens is 1. The van der Waals surface area contributed by atoms with Crippen LogP contribution in [-0.2, 0) is 19.6 Å². The van der Waals surface area contributed by atoms with E-state index in [2.05, 4.69) is 4.98 Å². The molecule has 4 aromatic rings. The number of nitrogens with two attached hydrogens (primary N) is 2. The first-order valence-corrected chi connectivity index (χ1v) is 18.9. The summed E-state index contributed by atoms with van der Waals surface area (Å²) in [5.74, 6) is -6.19. The monoisotopic (exact) mass is 778 g/mol. The van der Waals surface area contributed by atoms with E-state index in [1.54, 1.807) is 32.6 Å². The van der Waals surface area contributed by atoms with Gasteiger partial charge in [0.25, 0.3) is 39.5 Å². The summed E-state index contributed by atoms with van der Waals surface area (Å²) < 4.78 is 33.2. The van der Waals surface area contributed by atoms with Crippen LogP contribution in [0.3, 0.4) is 0 Å². The number of sulfonamides is 1. The number of oxazole rings is 1. The number of benzene rings is 3. The van der Waals surface area contributed by atoms with Crippen LogP contribution in [0.4, 0.5) is 0 Å². The summed E-state index contributed by atoms with van der Waals surface area (Å²) >= 11 is 5.83. The van der Waals surface area contributed by atoms with Gasteiger partial charge in [0.15, 0.2) is 5.58 Å². The zero-order valence-electron chi connectivity index (χ0n) is 29.8. The van der Waals surface area contributed by atoms with Gasteiger partial charge in [0.1, 0.15) is 5.52 Å². The van der Waals surface area contributed by atoms with E-state index >= 15 is 0 Å². The first-order valence-electron chi connectivity index (χ1n) is 17.0. The van der Waals surface area contributed by atoms with Crippen LogP contribution in [0.1, 0.15) is 82.3 Å². The normalized spacial score (nSPS) is 16.0. The Bertz CT molecular complexity index is 2240. The lowest BCUT2D eigenvalue weighted by atomic mass is 9.96. The van der Waals surface area contributed by atoms with Crippen molar-refractivity contribution in [2.45, 2.75) is 63.6 Å². The molecule has 2 heterocycles. The average molecular weight is 779 g/mol. The summed E-state index contributed by atoms with van der Waals surface area (Å²) in [7, 11) is -4.26. The number of primary amides is 1. The van der Waals surface area contributed by atoms with Crippen LogP contribution < -0.4 is 16.2 Å². The van der Waals surface area contributed by atoms with Gasteiger partial charge in [0.05, 0.1) is 23.0 Å². The molecule has 0 bridgehead atoms. The summed E-state index contributed by atoms with van der Waals surface area (Å²) in [6.07, 6.45) is 0.664. The van der Waals surface area contributed by atoms with Crippen LogP contribution in [0.2, 0.25) is 5.02 Å². The van der Waals surface area contributed by atoms with Gasteiger partial charge >= 0.3 is 0 Å². The van der Waals surface area contributed by atoms with Crippen molar-refractivity contribution < 1.29 is 41.6 Å². The van der Waals surface area contributed by atoms with Gasteiger partial charge in [-0.1, -0.05) is 39.3 Å². The van der Waals surface area contributed by atoms with Crippen molar-refractivity contribution in [2.24, 2.45) is 23.3 Å². The van der Waals surface area contributed by atoms with Crippen LogP contribution >= 0.6 is 11.6 Å². The van der Waals surface area contributed by atoms with Crippen molar-refractivity contribution >= 4 is 68.0 Å². The summed E-state index contributed by atoms with van der Waals surface area (Å²) in [6.45, 7) is 7.13. The average Bonchev–Trinajstić information content (AvgIpc) is 3.78. The molecule has 284 valence electrons. The summed E-state index contributed by atoms with van der Waals surface area (Å²) in [4.78, 5) is 87.0. The molecule has 5 N–H and O–H groups in total. The molecular weight excluding hydrogens is 740 g/mol. The van der Waals surface area contributed by atoms with Crippen molar-refractivity contribution in [3.05, 3.63) is 94.3 Å². The number of imide groups is 3. The van der Waals surface area contributed by atoms with Gasteiger partial charge in [0, 0.05) is 21.7 Å². The van der Waals surface area contributed by atoms with E-state index in [4.69, 9.17) is 27.5 Å². The van der Waals surface area contributed by atoms with Crippen LogP contribution in [0, 0.1) is 11.8 Å². The number of likely N-dealkylation sites (tertiary alicyclic amines) is 1. The maximum Gasteiger partial charge on any atom is 0.267 e. The third-order valence-corrected chi connectivity index (χ3v) is 10.7. The molecular formula is C37H39ClN6O9S. The van der Waals surface area contributed by atoms with Gasteiger partial charge in [-0.25, -0.2) is 23.0 Å². The van der Waals surface area contributed by atoms with Gasteiger partial charge in [-0.2, -0.15) is 0 Å². The molecule has 0 radical (unpaired) electrons. The van der Waals surface area contributed by atoms with Gasteiger partial charge in [-0.15, -0.1) is 0 Å². The van der Waals surface area contributed by atoms with Crippen LogP contribution in [0.15, 0.2) is 76.0 Å².